The van der Waals surface area contributed by atoms with Crippen molar-refractivity contribution in [2.24, 2.45) is 0 Å². The van der Waals surface area contributed by atoms with Crippen LogP contribution in [0.1, 0.15) is 22.3 Å². The van der Waals surface area contributed by atoms with Gasteiger partial charge >= 0.3 is 0 Å². The smallest absolute Gasteiger partial charge is 0.150 e. The minimum Gasteiger partial charge on any atom is -0.371 e. The zero-order chi connectivity index (χ0) is 22.4. The van der Waals surface area contributed by atoms with Crippen molar-refractivity contribution in [3.05, 3.63) is 144 Å². The molecule has 0 saturated carbocycles. The maximum Gasteiger partial charge on any atom is 0.150 e. The van der Waals surface area contributed by atoms with Gasteiger partial charge in [-0.15, -0.1) is 0 Å². The summed E-state index contributed by atoms with van der Waals surface area (Å²) < 4.78 is 0. The summed E-state index contributed by atoms with van der Waals surface area (Å²) in [6.45, 7) is 0. The van der Waals surface area contributed by atoms with Gasteiger partial charge in [0.05, 0.1) is 0 Å². The molecule has 3 nitrogen and oxygen atoms in total. The molecule has 0 fully saturated rings. The lowest BCUT2D eigenvalue weighted by Crippen LogP contribution is -2.57. The van der Waals surface area contributed by atoms with Gasteiger partial charge in [-0.2, -0.15) is 0 Å². The summed E-state index contributed by atoms with van der Waals surface area (Å²) in [4.78, 5) is 1.71. The van der Waals surface area contributed by atoms with Gasteiger partial charge in [-0.3, -0.25) is 0 Å². The van der Waals surface area contributed by atoms with Crippen LogP contribution in [0.2, 0.25) is 0 Å². The summed E-state index contributed by atoms with van der Waals surface area (Å²) in [5, 5.41) is 24.5. The van der Waals surface area contributed by atoms with Crippen LogP contribution in [0.15, 0.2) is 121 Å². The van der Waals surface area contributed by atoms with E-state index in [4.69, 9.17) is 0 Å². The third-order valence-electron chi connectivity index (χ3n) is 6.17. The highest BCUT2D eigenvalue weighted by molar-refractivity contribution is 5.31. The molecule has 4 aromatic rings. The Labute approximate surface area is 190 Å². The first-order valence-corrected chi connectivity index (χ1v) is 10.9. The van der Waals surface area contributed by atoms with Gasteiger partial charge in [-0.25, -0.2) is 4.90 Å². The second-order valence-corrected chi connectivity index (χ2v) is 8.25. The zero-order valence-corrected chi connectivity index (χ0v) is 18.3. The number of benzene rings is 4. The Morgan fingerprint density at radius 2 is 0.781 bits per heavy atom. The molecule has 0 aliphatic carbocycles. The predicted octanol–water partition coefficient (Wildman–Crippen LogP) is 5.09. The molecule has 2 atom stereocenters. The molecule has 0 aliphatic heterocycles. The van der Waals surface area contributed by atoms with Crippen molar-refractivity contribution in [2.75, 3.05) is 7.05 Å². The molecule has 0 aliphatic rings. The fourth-order valence-corrected chi connectivity index (χ4v) is 4.31. The lowest BCUT2D eigenvalue weighted by molar-refractivity contribution is -0.231. The van der Waals surface area contributed by atoms with E-state index in [-0.39, 0.29) is 0 Å². The Kier molecular flexibility index (Phi) is 6.52. The predicted molar refractivity (Wildman–Crippen MR) is 129 cm³/mol. The van der Waals surface area contributed by atoms with E-state index in [1.54, 1.807) is 11.9 Å². The van der Waals surface area contributed by atoms with Crippen molar-refractivity contribution in [3.8, 4) is 0 Å². The summed E-state index contributed by atoms with van der Waals surface area (Å²) in [6.07, 6.45) is 0.663. The van der Waals surface area contributed by atoms with Crippen LogP contribution in [-0.2, 0) is 24.3 Å². The molecule has 0 aromatic heterocycles. The molecule has 0 bridgehead atoms. The summed E-state index contributed by atoms with van der Waals surface area (Å²) in [6, 6.07) is 39.0. The SMILES string of the molecule is CN(C(O)(Cc1ccccc1)c1ccccc1)C(O)(Cc1ccccc1)c1ccccc1. The third-order valence-corrected chi connectivity index (χ3v) is 6.17. The fraction of sp³-hybridized carbons (Fsp3) is 0.172. The van der Waals surface area contributed by atoms with Gasteiger partial charge in [0.1, 0.15) is 0 Å². The van der Waals surface area contributed by atoms with Crippen molar-refractivity contribution in [2.45, 2.75) is 24.3 Å². The highest BCUT2D eigenvalue weighted by Gasteiger charge is 2.46. The summed E-state index contributed by atoms with van der Waals surface area (Å²) in [5.74, 6) is 0. The van der Waals surface area contributed by atoms with E-state index in [0.29, 0.717) is 12.8 Å². The molecule has 0 spiro atoms. The lowest BCUT2D eigenvalue weighted by atomic mass is 9.87. The van der Waals surface area contributed by atoms with Gasteiger partial charge in [-0.1, -0.05) is 121 Å². The largest absolute Gasteiger partial charge is 0.371 e. The maximum atomic E-state index is 12.2. The van der Waals surface area contributed by atoms with Crippen molar-refractivity contribution in [1.82, 2.24) is 4.90 Å². The monoisotopic (exact) mass is 423 g/mol. The van der Waals surface area contributed by atoms with Gasteiger partial charge < -0.3 is 10.2 Å². The molecule has 32 heavy (non-hydrogen) atoms. The van der Waals surface area contributed by atoms with Crippen LogP contribution < -0.4 is 0 Å². The van der Waals surface area contributed by atoms with Gasteiger partial charge in [0, 0.05) is 12.8 Å². The molecule has 0 amide bonds. The maximum absolute atomic E-state index is 12.2. The molecule has 4 aromatic carbocycles. The summed E-state index contributed by atoms with van der Waals surface area (Å²) >= 11 is 0. The van der Waals surface area contributed by atoms with E-state index in [0.717, 1.165) is 22.3 Å². The molecule has 0 saturated heterocycles. The number of hydrogen-bond acceptors (Lipinski definition) is 3. The first-order chi connectivity index (χ1) is 15.5. The standard InChI is InChI=1S/C29H29NO2/c1-30(28(31,26-18-10-4-11-19-26)22-24-14-6-2-7-15-24)29(32,27-20-12-5-13-21-27)23-25-16-8-3-9-17-25/h2-21,31-32H,22-23H2,1H3. The van der Waals surface area contributed by atoms with Gasteiger partial charge in [0.25, 0.3) is 0 Å². The average Bonchev–Trinajstić information content (AvgIpc) is 2.86. The third kappa shape index (κ3) is 4.51. The normalized spacial score (nSPS) is 15.1. The molecule has 4 rings (SSSR count). The van der Waals surface area contributed by atoms with E-state index >= 15 is 0 Å². The van der Waals surface area contributed by atoms with E-state index in [2.05, 4.69) is 0 Å². The molecule has 2 unspecified atom stereocenters. The zero-order valence-electron chi connectivity index (χ0n) is 18.3. The van der Waals surface area contributed by atoms with E-state index < -0.39 is 11.4 Å². The molecular weight excluding hydrogens is 394 g/mol. The second kappa shape index (κ2) is 9.49. The molecule has 2 N–H and O–H groups in total. The topological polar surface area (TPSA) is 43.7 Å². The Bertz CT molecular complexity index is 1010. The lowest BCUT2D eigenvalue weighted by Gasteiger charge is -2.48. The Hall–Kier alpha value is -3.24. The highest BCUT2D eigenvalue weighted by Crippen LogP contribution is 2.39. The van der Waals surface area contributed by atoms with Crippen molar-refractivity contribution in [3.63, 3.8) is 0 Å². The first kappa shape index (κ1) is 22.0. The number of likely N-dealkylation sites (N-methyl/N-ethyl adjacent to an activating group) is 1. The number of nitrogens with zero attached hydrogens (tertiary/aromatic N) is 1. The van der Waals surface area contributed by atoms with Crippen LogP contribution in [0.3, 0.4) is 0 Å². The Balaban J connectivity index is 1.83. The van der Waals surface area contributed by atoms with Crippen LogP contribution in [-0.4, -0.2) is 22.2 Å². The van der Waals surface area contributed by atoms with Crippen molar-refractivity contribution < 1.29 is 10.2 Å². The Morgan fingerprint density at radius 3 is 1.09 bits per heavy atom. The van der Waals surface area contributed by atoms with Crippen LogP contribution in [0, 0.1) is 0 Å². The van der Waals surface area contributed by atoms with Gasteiger partial charge in [0.15, 0.2) is 11.4 Å². The highest BCUT2D eigenvalue weighted by atomic mass is 16.3. The summed E-state index contributed by atoms with van der Waals surface area (Å²) in [7, 11) is 1.80. The quantitative estimate of drug-likeness (QED) is 0.388. The second-order valence-electron chi connectivity index (χ2n) is 8.25. The molecule has 0 heterocycles. The van der Waals surface area contributed by atoms with Gasteiger partial charge in [-0.05, 0) is 29.3 Å². The molecule has 162 valence electrons. The Morgan fingerprint density at radius 1 is 0.500 bits per heavy atom. The summed E-state index contributed by atoms with van der Waals surface area (Å²) in [5.41, 5.74) is 0.549. The van der Waals surface area contributed by atoms with Crippen molar-refractivity contribution >= 4 is 0 Å². The van der Waals surface area contributed by atoms with E-state index in [1.165, 1.54) is 0 Å². The van der Waals surface area contributed by atoms with Crippen LogP contribution >= 0.6 is 0 Å². The molecular formula is C29H29NO2. The average molecular weight is 424 g/mol. The van der Waals surface area contributed by atoms with E-state index in [1.807, 2.05) is 121 Å². The minimum absolute atomic E-state index is 0.332. The first-order valence-electron chi connectivity index (χ1n) is 10.9. The van der Waals surface area contributed by atoms with E-state index in [9.17, 15) is 10.2 Å². The van der Waals surface area contributed by atoms with Crippen molar-refractivity contribution in [1.29, 1.82) is 0 Å². The van der Waals surface area contributed by atoms with Crippen LogP contribution in [0.5, 0.6) is 0 Å². The number of rotatable bonds is 8. The molecule has 3 heteroatoms. The molecule has 0 radical (unpaired) electrons. The number of aliphatic hydroxyl groups is 2. The van der Waals surface area contributed by atoms with Crippen LogP contribution in [0.25, 0.3) is 0 Å². The number of hydrogen-bond donors (Lipinski definition) is 2. The fourth-order valence-electron chi connectivity index (χ4n) is 4.31. The van der Waals surface area contributed by atoms with Gasteiger partial charge in [0.2, 0.25) is 0 Å². The van der Waals surface area contributed by atoms with Crippen LogP contribution in [0.4, 0.5) is 0 Å². The minimum atomic E-state index is -1.44.